The molecule has 70 valence electrons. The average Bonchev–Trinajstić information content (AvgIpc) is 2.63. The van der Waals surface area contributed by atoms with Crippen LogP contribution in [0.25, 0.3) is 12.2 Å². The zero-order chi connectivity index (χ0) is 9.80. The largest absolute Gasteiger partial charge is 0.334 e. The molecule has 1 aromatic carbocycles. The molecule has 2 nitrogen and oxygen atoms in total. The minimum absolute atomic E-state index is 1.11. The molecule has 0 unspecified atom stereocenters. The van der Waals surface area contributed by atoms with Gasteiger partial charge in [-0.2, -0.15) is 0 Å². The second-order valence-corrected chi connectivity index (χ2v) is 3.17. The fourth-order valence-electron chi connectivity index (χ4n) is 1.27. The molecule has 0 amide bonds. The number of hydrogen-bond donors (Lipinski definition) is 0. The van der Waals surface area contributed by atoms with Crippen LogP contribution in [0, 0.1) is 0 Å². The van der Waals surface area contributed by atoms with Gasteiger partial charge in [-0.05, 0) is 11.6 Å². The van der Waals surface area contributed by atoms with Crippen molar-refractivity contribution in [1.82, 2.24) is 9.55 Å². The molecular weight excluding hydrogens is 172 g/mol. The van der Waals surface area contributed by atoms with E-state index in [1.165, 1.54) is 5.56 Å². The molecule has 14 heavy (non-hydrogen) atoms. The van der Waals surface area contributed by atoms with E-state index >= 15 is 0 Å². The van der Waals surface area contributed by atoms with Crippen LogP contribution in [0.5, 0.6) is 0 Å². The van der Waals surface area contributed by atoms with E-state index in [4.69, 9.17) is 0 Å². The Balaban J connectivity index is 2.20. The second-order valence-electron chi connectivity index (χ2n) is 3.17. The maximum Gasteiger partial charge on any atom is 0.0948 e. The van der Waals surface area contributed by atoms with E-state index in [0.717, 1.165) is 5.69 Å². The Hall–Kier alpha value is -1.83. The maximum absolute atomic E-state index is 4.05. The maximum atomic E-state index is 4.05. The minimum atomic E-state index is 1.11. The minimum Gasteiger partial charge on any atom is -0.334 e. The quantitative estimate of drug-likeness (QED) is 0.701. The summed E-state index contributed by atoms with van der Waals surface area (Å²) in [6, 6.07) is 10.2. The van der Waals surface area contributed by atoms with Gasteiger partial charge in [-0.25, -0.2) is 4.98 Å². The van der Waals surface area contributed by atoms with Crippen molar-refractivity contribution in [3.05, 3.63) is 54.1 Å². The number of rotatable bonds is 2. The Morgan fingerprint density at radius 1 is 1.14 bits per heavy atom. The summed E-state index contributed by atoms with van der Waals surface area (Å²) in [7, 11) is 1.98. The van der Waals surface area contributed by atoms with Gasteiger partial charge in [0.15, 0.2) is 0 Å². The Morgan fingerprint density at radius 2 is 1.93 bits per heavy atom. The lowest BCUT2D eigenvalue weighted by molar-refractivity contribution is 0.902. The SMILES string of the molecule is Cn1cncc1C=Cc1ccccc1. The molecule has 0 bridgehead atoms. The molecule has 2 heteroatoms. The third kappa shape index (κ3) is 1.91. The summed E-state index contributed by atoms with van der Waals surface area (Å²) in [6.07, 6.45) is 7.78. The van der Waals surface area contributed by atoms with Crippen molar-refractivity contribution >= 4 is 12.2 Å². The van der Waals surface area contributed by atoms with E-state index in [1.54, 1.807) is 6.33 Å². The molecule has 1 aromatic heterocycles. The topological polar surface area (TPSA) is 17.8 Å². The third-order valence-corrected chi connectivity index (χ3v) is 2.10. The molecule has 0 fully saturated rings. The van der Waals surface area contributed by atoms with E-state index in [9.17, 15) is 0 Å². The summed E-state index contributed by atoms with van der Waals surface area (Å²) in [5, 5.41) is 0. The van der Waals surface area contributed by atoms with E-state index in [0.29, 0.717) is 0 Å². The van der Waals surface area contributed by atoms with Gasteiger partial charge in [0.1, 0.15) is 0 Å². The van der Waals surface area contributed by atoms with E-state index in [1.807, 2.05) is 36.0 Å². The predicted octanol–water partition coefficient (Wildman–Crippen LogP) is 2.59. The molecule has 0 radical (unpaired) electrons. The fourth-order valence-corrected chi connectivity index (χ4v) is 1.27. The fraction of sp³-hybridized carbons (Fsp3) is 0.0833. The summed E-state index contributed by atoms with van der Waals surface area (Å²) < 4.78 is 1.99. The first-order valence-electron chi connectivity index (χ1n) is 4.56. The summed E-state index contributed by atoms with van der Waals surface area (Å²) >= 11 is 0. The molecule has 0 N–H and O–H groups in total. The highest BCUT2D eigenvalue weighted by atomic mass is 15.0. The molecule has 1 heterocycles. The highest BCUT2D eigenvalue weighted by molar-refractivity contribution is 5.67. The lowest BCUT2D eigenvalue weighted by Gasteiger charge is -1.94. The first-order valence-corrected chi connectivity index (χ1v) is 4.56. The Labute approximate surface area is 83.5 Å². The zero-order valence-electron chi connectivity index (χ0n) is 8.09. The van der Waals surface area contributed by atoms with Crippen LogP contribution >= 0.6 is 0 Å². The van der Waals surface area contributed by atoms with Gasteiger partial charge in [0, 0.05) is 7.05 Å². The van der Waals surface area contributed by atoms with Crippen LogP contribution in [-0.2, 0) is 7.05 Å². The second kappa shape index (κ2) is 3.92. The van der Waals surface area contributed by atoms with E-state index in [2.05, 4.69) is 29.3 Å². The molecule has 0 atom stereocenters. The monoisotopic (exact) mass is 184 g/mol. The highest BCUT2D eigenvalue weighted by Gasteiger charge is 1.91. The highest BCUT2D eigenvalue weighted by Crippen LogP contribution is 2.06. The summed E-state index contributed by atoms with van der Waals surface area (Å²) in [5.74, 6) is 0. The van der Waals surface area contributed by atoms with E-state index in [-0.39, 0.29) is 0 Å². The lowest BCUT2D eigenvalue weighted by atomic mass is 10.2. The van der Waals surface area contributed by atoms with Gasteiger partial charge in [-0.3, -0.25) is 0 Å². The Kier molecular flexibility index (Phi) is 2.45. The van der Waals surface area contributed by atoms with Gasteiger partial charge >= 0.3 is 0 Å². The van der Waals surface area contributed by atoms with Crippen LogP contribution < -0.4 is 0 Å². The molecule has 0 aliphatic carbocycles. The van der Waals surface area contributed by atoms with Crippen molar-refractivity contribution in [2.45, 2.75) is 0 Å². The van der Waals surface area contributed by atoms with Crippen LogP contribution in [0.2, 0.25) is 0 Å². The van der Waals surface area contributed by atoms with Gasteiger partial charge in [0.2, 0.25) is 0 Å². The Morgan fingerprint density at radius 3 is 2.57 bits per heavy atom. The van der Waals surface area contributed by atoms with Crippen LogP contribution in [-0.4, -0.2) is 9.55 Å². The van der Waals surface area contributed by atoms with Crippen molar-refractivity contribution in [3.8, 4) is 0 Å². The standard InChI is InChI=1S/C12H12N2/c1-14-10-13-9-12(14)8-7-11-5-3-2-4-6-11/h2-10H,1H3. The van der Waals surface area contributed by atoms with Crippen LogP contribution in [0.3, 0.4) is 0 Å². The van der Waals surface area contributed by atoms with Crippen molar-refractivity contribution in [1.29, 1.82) is 0 Å². The summed E-state index contributed by atoms with van der Waals surface area (Å²) in [4.78, 5) is 4.05. The molecule has 0 spiro atoms. The van der Waals surface area contributed by atoms with Crippen molar-refractivity contribution in [3.63, 3.8) is 0 Å². The number of aromatic nitrogens is 2. The number of imidazole rings is 1. The number of benzene rings is 1. The number of hydrogen-bond acceptors (Lipinski definition) is 1. The van der Waals surface area contributed by atoms with Crippen molar-refractivity contribution in [2.24, 2.45) is 7.05 Å². The van der Waals surface area contributed by atoms with Gasteiger partial charge in [-0.1, -0.05) is 36.4 Å². The summed E-state index contributed by atoms with van der Waals surface area (Å²) in [5.41, 5.74) is 2.31. The average molecular weight is 184 g/mol. The van der Waals surface area contributed by atoms with Gasteiger partial charge < -0.3 is 4.57 Å². The molecular formula is C12H12N2. The molecule has 0 aliphatic heterocycles. The van der Waals surface area contributed by atoms with Crippen molar-refractivity contribution < 1.29 is 0 Å². The van der Waals surface area contributed by atoms with Crippen molar-refractivity contribution in [2.75, 3.05) is 0 Å². The normalized spacial score (nSPS) is 10.9. The third-order valence-electron chi connectivity index (χ3n) is 2.10. The first kappa shape index (κ1) is 8.75. The first-order chi connectivity index (χ1) is 6.86. The van der Waals surface area contributed by atoms with Crippen LogP contribution in [0.1, 0.15) is 11.3 Å². The number of aryl methyl sites for hydroxylation is 1. The lowest BCUT2D eigenvalue weighted by Crippen LogP contribution is -1.86. The van der Waals surface area contributed by atoms with Gasteiger partial charge in [-0.15, -0.1) is 0 Å². The molecule has 0 saturated heterocycles. The summed E-state index contributed by atoms with van der Waals surface area (Å²) in [6.45, 7) is 0. The smallest absolute Gasteiger partial charge is 0.0948 e. The number of nitrogens with zero attached hydrogens (tertiary/aromatic N) is 2. The van der Waals surface area contributed by atoms with E-state index < -0.39 is 0 Å². The molecule has 2 aromatic rings. The van der Waals surface area contributed by atoms with Gasteiger partial charge in [0.05, 0.1) is 18.2 Å². The van der Waals surface area contributed by atoms with Gasteiger partial charge in [0.25, 0.3) is 0 Å². The van der Waals surface area contributed by atoms with Crippen LogP contribution in [0.15, 0.2) is 42.9 Å². The zero-order valence-corrected chi connectivity index (χ0v) is 8.09. The molecule has 2 rings (SSSR count). The van der Waals surface area contributed by atoms with Crippen LogP contribution in [0.4, 0.5) is 0 Å². The molecule has 0 saturated carbocycles. The predicted molar refractivity (Wildman–Crippen MR) is 58.6 cm³/mol. The molecule has 0 aliphatic rings. The Bertz CT molecular complexity index is 427.